The summed E-state index contributed by atoms with van der Waals surface area (Å²) in [6, 6.07) is 6.45. The predicted octanol–water partition coefficient (Wildman–Crippen LogP) is 2.46. The van der Waals surface area contributed by atoms with Crippen molar-refractivity contribution in [1.82, 2.24) is 10.1 Å². The van der Waals surface area contributed by atoms with Crippen molar-refractivity contribution in [3.8, 4) is 11.4 Å². The number of nitrogens with zero attached hydrogens (tertiary/aromatic N) is 2. The van der Waals surface area contributed by atoms with Gasteiger partial charge in [0.2, 0.25) is 5.82 Å². The zero-order chi connectivity index (χ0) is 14.2. The van der Waals surface area contributed by atoms with Crippen LogP contribution in [0, 0.1) is 0 Å². The van der Waals surface area contributed by atoms with Gasteiger partial charge < -0.3 is 14.4 Å². The van der Waals surface area contributed by atoms with Crippen molar-refractivity contribution in [2.24, 2.45) is 0 Å². The van der Waals surface area contributed by atoms with Crippen LogP contribution in [-0.2, 0) is 10.3 Å². The number of aromatic carboxylic acids is 1. The van der Waals surface area contributed by atoms with E-state index < -0.39 is 11.6 Å². The van der Waals surface area contributed by atoms with Crippen LogP contribution in [0.1, 0.15) is 36.0 Å². The summed E-state index contributed by atoms with van der Waals surface area (Å²) in [5, 5.41) is 12.9. The van der Waals surface area contributed by atoms with Gasteiger partial charge in [0, 0.05) is 12.2 Å². The van der Waals surface area contributed by atoms with E-state index in [0.717, 1.165) is 12.8 Å². The molecule has 0 amide bonds. The minimum atomic E-state index is -0.985. The molecule has 1 aromatic carbocycles. The Morgan fingerprint density at radius 2 is 2.30 bits per heavy atom. The molecule has 2 aromatic rings. The smallest absolute Gasteiger partial charge is 0.335 e. The summed E-state index contributed by atoms with van der Waals surface area (Å²) in [5.74, 6) is -0.174. The number of rotatable bonds is 3. The molecule has 1 N–H and O–H groups in total. The van der Waals surface area contributed by atoms with Gasteiger partial charge in [-0.3, -0.25) is 0 Å². The van der Waals surface area contributed by atoms with Crippen LogP contribution < -0.4 is 0 Å². The molecule has 1 aliphatic rings. The molecule has 0 bridgehead atoms. The summed E-state index contributed by atoms with van der Waals surface area (Å²) in [7, 11) is 0. The van der Waals surface area contributed by atoms with Gasteiger partial charge in [-0.1, -0.05) is 17.3 Å². The van der Waals surface area contributed by atoms with Crippen LogP contribution in [-0.4, -0.2) is 27.8 Å². The van der Waals surface area contributed by atoms with Crippen LogP contribution in [0.5, 0.6) is 0 Å². The van der Waals surface area contributed by atoms with E-state index in [2.05, 4.69) is 10.1 Å². The van der Waals surface area contributed by atoms with Crippen molar-refractivity contribution in [3.63, 3.8) is 0 Å². The highest BCUT2D eigenvalue weighted by Gasteiger charge is 2.37. The minimum Gasteiger partial charge on any atom is -0.478 e. The fourth-order valence-electron chi connectivity index (χ4n) is 2.29. The number of carboxylic acids is 1. The topological polar surface area (TPSA) is 85.5 Å². The Kier molecular flexibility index (Phi) is 3.02. The first kappa shape index (κ1) is 12.8. The van der Waals surface area contributed by atoms with Gasteiger partial charge in [-0.25, -0.2) is 4.79 Å². The fraction of sp³-hybridized carbons (Fsp3) is 0.357. The second-order valence-electron chi connectivity index (χ2n) is 4.99. The van der Waals surface area contributed by atoms with Gasteiger partial charge in [0.25, 0.3) is 5.89 Å². The Hall–Kier alpha value is -2.21. The highest BCUT2D eigenvalue weighted by atomic mass is 16.5. The number of hydrogen-bond donors (Lipinski definition) is 1. The summed E-state index contributed by atoms with van der Waals surface area (Å²) < 4.78 is 10.9. The van der Waals surface area contributed by atoms with Crippen molar-refractivity contribution < 1.29 is 19.2 Å². The second kappa shape index (κ2) is 4.72. The first-order chi connectivity index (χ1) is 9.58. The summed E-state index contributed by atoms with van der Waals surface area (Å²) in [6.07, 6.45) is 1.80. The van der Waals surface area contributed by atoms with Gasteiger partial charge in [0.15, 0.2) is 0 Å². The predicted molar refractivity (Wildman–Crippen MR) is 69.2 cm³/mol. The van der Waals surface area contributed by atoms with E-state index in [-0.39, 0.29) is 5.56 Å². The molecule has 6 nitrogen and oxygen atoms in total. The molecule has 0 radical (unpaired) electrons. The van der Waals surface area contributed by atoms with Crippen molar-refractivity contribution in [3.05, 3.63) is 35.7 Å². The molecular weight excluding hydrogens is 260 g/mol. The van der Waals surface area contributed by atoms with Gasteiger partial charge >= 0.3 is 5.97 Å². The molecule has 6 heteroatoms. The van der Waals surface area contributed by atoms with Crippen LogP contribution >= 0.6 is 0 Å². The average molecular weight is 274 g/mol. The van der Waals surface area contributed by atoms with Crippen LogP contribution in [0.3, 0.4) is 0 Å². The second-order valence-corrected chi connectivity index (χ2v) is 4.99. The molecule has 0 saturated carbocycles. The summed E-state index contributed by atoms with van der Waals surface area (Å²) in [4.78, 5) is 15.3. The maximum atomic E-state index is 11.0. The van der Waals surface area contributed by atoms with E-state index in [1.807, 2.05) is 6.92 Å². The molecule has 0 aliphatic carbocycles. The number of aromatic nitrogens is 2. The van der Waals surface area contributed by atoms with Crippen molar-refractivity contribution in [2.45, 2.75) is 25.4 Å². The van der Waals surface area contributed by atoms with Crippen LogP contribution in [0.15, 0.2) is 28.8 Å². The molecule has 1 aromatic heterocycles. The van der Waals surface area contributed by atoms with Gasteiger partial charge in [0.05, 0.1) is 5.56 Å². The Labute approximate surface area is 115 Å². The van der Waals surface area contributed by atoms with Crippen LogP contribution in [0.4, 0.5) is 0 Å². The number of carbonyl (C=O) groups is 1. The Morgan fingerprint density at radius 1 is 1.45 bits per heavy atom. The highest BCUT2D eigenvalue weighted by Crippen LogP contribution is 2.35. The molecule has 2 heterocycles. The van der Waals surface area contributed by atoms with Crippen molar-refractivity contribution >= 4 is 5.97 Å². The Morgan fingerprint density at radius 3 is 3.00 bits per heavy atom. The maximum Gasteiger partial charge on any atom is 0.335 e. The van der Waals surface area contributed by atoms with E-state index in [0.29, 0.717) is 23.9 Å². The zero-order valence-corrected chi connectivity index (χ0v) is 11.0. The average Bonchev–Trinajstić information content (AvgIpc) is 3.08. The highest BCUT2D eigenvalue weighted by molar-refractivity contribution is 5.89. The maximum absolute atomic E-state index is 11.0. The third kappa shape index (κ3) is 2.18. The van der Waals surface area contributed by atoms with E-state index in [1.54, 1.807) is 12.1 Å². The van der Waals surface area contributed by atoms with E-state index in [9.17, 15) is 4.79 Å². The standard InChI is InChI=1S/C14H14N2O4/c1-14(6-3-7-19-14)13-15-11(16-20-13)9-4-2-5-10(8-9)12(17)18/h2,4-5,8H,3,6-7H2,1H3,(H,17,18). The van der Waals surface area contributed by atoms with Gasteiger partial charge in [0.1, 0.15) is 5.60 Å². The third-order valence-corrected chi connectivity index (χ3v) is 3.46. The lowest BCUT2D eigenvalue weighted by Gasteiger charge is -2.16. The van der Waals surface area contributed by atoms with E-state index >= 15 is 0 Å². The molecule has 1 fully saturated rings. The molecule has 20 heavy (non-hydrogen) atoms. The lowest BCUT2D eigenvalue weighted by atomic mass is 10.0. The summed E-state index contributed by atoms with van der Waals surface area (Å²) in [6.45, 7) is 2.60. The van der Waals surface area contributed by atoms with Gasteiger partial charge in [-0.15, -0.1) is 0 Å². The number of benzene rings is 1. The Balaban J connectivity index is 1.94. The number of carboxylic acid groups (broad SMARTS) is 1. The van der Waals surface area contributed by atoms with Gasteiger partial charge in [-0.2, -0.15) is 4.98 Å². The van der Waals surface area contributed by atoms with E-state index in [4.69, 9.17) is 14.4 Å². The lowest BCUT2D eigenvalue weighted by molar-refractivity contribution is -0.00937. The molecular formula is C14H14N2O4. The monoisotopic (exact) mass is 274 g/mol. The lowest BCUT2D eigenvalue weighted by Crippen LogP contribution is -2.20. The summed E-state index contributed by atoms with van der Waals surface area (Å²) >= 11 is 0. The fourth-order valence-corrected chi connectivity index (χ4v) is 2.29. The van der Waals surface area contributed by atoms with Crippen molar-refractivity contribution in [1.29, 1.82) is 0 Å². The number of ether oxygens (including phenoxy) is 1. The molecule has 1 aliphatic heterocycles. The van der Waals surface area contributed by atoms with Crippen LogP contribution in [0.2, 0.25) is 0 Å². The normalized spacial score (nSPS) is 22.1. The largest absolute Gasteiger partial charge is 0.478 e. The molecule has 1 saturated heterocycles. The summed E-state index contributed by atoms with van der Waals surface area (Å²) in [5.41, 5.74) is 0.272. The third-order valence-electron chi connectivity index (χ3n) is 3.46. The zero-order valence-electron chi connectivity index (χ0n) is 11.0. The molecule has 0 spiro atoms. The first-order valence-corrected chi connectivity index (χ1v) is 6.40. The Bertz CT molecular complexity index is 644. The molecule has 104 valence electrons. The van der Waals surface area contributed by atoms with Crippen LogP contribution in [0.25, 0.3) is 11.4 Å². The molecule has 1 unspecified atom stereocenters. The molecule has 1 atom stereocenters. The van der Waals surface area contributed by atoms with E-state index in [1.165, 1.54) is 12.1 Å². The van der Waals surface area contributed by atoms with Gasteiger partial charge in [-0.05, 0) is 31.9 Å². The van der Waals surface area contributed by atoms with Crippen molar-refractivity contribution in [2.75, 3.05) is 6.61 Å². The molecule has 3 rings (SSSR count). The SMILES string of the molecule is CC1(c2nc(-c3cccc(C(=O)O)c3)no2)CCCO1. The number of hydrogen-bond acceptors (Lipinski definition) is 5. The first-order valence-electron chi connectivity index (χ1n) is 6.40. The minimum absolute atomic E-state index is 0.192. The quantitative estimate of drug-likeness (QED) is 0.925.